The molecule has 3 N–H and O–H groups in total. The average molecular weight is 296 g/mol. The molecular formula is C16H20N6. The van der Waals surface area contributed by atoms with Gasteiger partial charge in [0, 0.05) is 30.2 Å². The van der Waals surface area contributed by atoms with Gasteiger partial charge in [0.25, 0.3) is 0 Å². The maximum Gasteiger partial charge on any atom is 0.160 e. The third-order valence-corrected chi connectivity index (χ3v) is 4.54. The van der Waals surface area contributed by atoms with Crippen LogP contribution in [0.15, 0.2) is 18.5 Å². The van der Waals surface area contributed by atoms with Crippen LogP contribution in [0.1, 0.15) is 25.6 Å². The molecule has 0 aromatic carbocycles. The van der Waals surface area contributed by atoms with E-state index in [0.717, 1.165) is 53.0 Å². The summed E-state index contributed by atoms with van der Waals surface area (Å²) >= 11 is 0. The van der Waals surface area contributed by atoms with E-state index in [9.17, 15) is 0 Å². The minimum absolute atomic E-state index is 0.202. The molecule has 6 nitrogen and oxygen atoms in total. The lowest BCUT2D eigenvalue weighted by atomic mass is 9.99. The van der Waals surface area contributed by atoms with E-state index in [1.54, 1.807) is 6.20 Å². The Labute approximate surface area is 128 Å². The first kappa shape index (κ1) is 13.5. The Morgan fingerprint density at radius 2 is 2.18 bits per heavy atom. The van der Waals surface area contributed by atoms with Gasteiger partial charge in [-0.2, -0.15) is 0 Å². The highest BCUT2D eigenvalue weighted by Crippen LogP contribution is 2.33. The van der Waals surface area contributed by atoms with E-state index in [2.05, 4.69) is 26.8 Å². The average Bonchev–Trinajstić information content (AvgIpc) is 2.97. The fourth-order valence-corrected chi connectivity index (χ4v) is 3.37. The summed E-state index contributed by atoms with van der Waals surface area (Å²) in [6.45, 7) is 5.06. The van der Waals surface area contributed by atoms with Gasteiger partial charge in [0.15, 0.2) is 5.65 Å². The van der Waals surface area contributed by atoms with E-state index >= 15 is 0 Å². The molecule has 0 saturated carbocycles. The van der Waals surface area contributed by atoms with E-state index in [4.69, 9.17) is 10.7 Å². The van der Waals surface area contributed by atoms with E-state index < -0.39 is 0 Å². The normalized spacial score (nSPS) is 22.6. The van der Waals surface area contributed by atoms with Gasteiger partial charge in [0.05, 0.1) is 17.1 Å². The van der Waals surface area contributed by atoms with Crippen LogP contribution in [0.4, 0.5) is 5.82 Å². The molecule has 114 valence electrons. The third-order valence-electron chi connectivity index (χ3n) is 4.54. The fourth-order valence-electron chi connectivity index (χ4n) is 3.37. The van der Waals surface area contributed by atoms with Crippen LogP contribution in [-0.4, -0.2) is 38.6 Å². The van der Waals surface area contributed by atoms with Crippen molar-refractivity contribution in [2.24, 2.45) is 5.73 Å². The highest BCUT2D eigenvalue weighted by atomic mass is 15.2. The lowest BCUT2D eigenvalue weighted by Crippen LogP contribution is -2.48. The number of piperidine rings is 1. The molecule has 1 saturated heterocycles. The number of hydrogen-bond acceptors (Lipinski definition) is 5. The summed E-state index contributed by atoms with van der Waals surface area (Å²) in [6, 6.07) is 2.64. The van der Waals surface area contributed by atoms with Crippen molar-refractivity contribution in [3.05, 3.63) is 24.3 Å². The number of nitrogens with zero attached hydrogens (tertiary/aromatic N) is 4. The predicted molar refractivity (Wildman–Crippen MR) is 87.9 cm³/mol. The summed E-state index contributed by atoms with van der Waals surface area (Å²) in [4.78, 5) is 19.2. The first-order chi connectivity index (χ1) is 10.6. The Morgan fingerprint density at radius 3 is 3.05 bits per heavy atom. The van der Waals surface area contributed by atoms with Crippen LogP contribution in [0, 0.1) is 6.92 Å². The van der Waals surface area contributed by atoms with Crippen molar-refractivity contribution in [1.82, 2.24) is 19.9 Å². The molecule has 0 aliphatic carbocycles. The smallest absolute Gasteiger partial charge is 0.160 e. The number of aromatic nitrogens is 4. The van der Waals surface area contributed by atoms with Crippen LogP contribution in [0.2, 0.25) is 0 Å². The van der Waals surface area contributed by atoms with Crippen molar-refractivity contribution in [3.63, 3.8) is 0 Å². The predicted octanol–water partition coefficient (Wildman–Crippen LogP) is 2.13. The number of pyridine rings is 1. The zero-order chi connectivity index (χ0) is 15.3. The lowest BCUT2D eigenvalue weighted by Gasteiger charge is -2.38. The molecule has 0 radical (unpaired) electrons. The quantitative estimate of drug-likeness (QED) is 0.718. The van der Waals surface area contributed by atoms with E-state index in [1.807, 2.05) is 19.2 Å². The standard InChI is InChI=1S/C16H20N6/c1-9-3-4-11(17)8-22(9)16-14-12-5-6-18-15(12)19-7-13(14)20-10(2)21-16/h5-7,9,11H,3-4,8,17H2,1-2H3,(H,20,21). The Kier molecular flexibility index (Phi) is 3.00. The number of nitrogens with one attached hydrogen (secondary N) is 1. The summed E-state index contributed by atoms with van der Waals surface area (Å²) in [6.07, 6.45) is 5.81. The number of aromatic amines is 1. The molecule has 2 unspecified atom stereocenters. The number of H-pyrrole nitrogens is 1. The summed E-state index contributed by atoms with van der Waals surface area (Å²) in [7, 11) is 0. The van der Waals surface area contributed by atoms with Crippen LogP contribution in [0.25, 0.3) is 21.9 Å². The number of nitrogens with two attached hydrogens (primary N) is 1. The molecule has 4 heterocycles. The van der Waals surface area contributed by atoms with Crippen LogP contribution in [0.3, 0.4) is 0 Å². The van der Waals surface area contributed by atoms with Crippen molar-refractivity contribution in [3.8, 4) is 0 Å². The van der Waals surface area contributed by atoms with Crippen molar-refractivity contribution >= 4 is 27.8 Å². The summed E-state index contributed by atoms with van der Waals surface area (Å²) in [5.41, 5.74) is 7.96. The van der Waals surface area contributed by atoms with Gasteiger partial charge in [-0.25, -0.2) is 15.0 Å². The largest absolute Gasteiger partial charge is 0.352 e. The Hall–Kier alpha value is -2.21. The summed E-state index contributed by atoms with van der Waals surface area (Å²) in [5.74, 6) is 1.88. The van der Waals surface area contributed by atoms with Gasteiger partial charge < -0.3 is 15.6 Å². The molecule has 0 spiro atoms. The van der Waals surface area contributed by atoms with Gasteiger partial charge in [-0.3, -0.25) is 0 Å². The van der Waals surface area contributed by atoms with Gasteiger partial charge in [0.1, 0.15) is 11.6 Å². The van der Waals surface area contributed by atoms with Gasteiger partial charge in [0.2, 0.25) is 0 Å². The topological polar surface area (TPSA) is 83.7 Å². The Morgan fingerprint density at radius 1 is 1.32 bits per heavy atom. The fraction of sp³-hybridized carbons (Fsp3) is 0.438. The summed E-state index contributed by atoms with van der Waals surface area (Å²) < 4.78 is 0. The maximum atomic E-state index is 6.20. The first-order valence-corrected chi connectivity index (χ1v) is 7.75. The van der Waals surface area contributed by atoms with E-state index in [0.29, 0.717) is 6.04 Å². The molecule has 3 aromatic rings. The third kappa shape index (κ3) is 2.02. The number of rotatable bonds is 1. The van der Waals surface area contributed by atoms with Gasteiger partial charge in [-0.15, -0.1) is 0 Å². The summed E-state index contributed by atoms with van der Waals surface area (Å²) in [5, 5.41) is 2.14. The molecule has 0 amide bonds. The lowest BCUT2D eigenvalue weighted by molar-refractivity contribution is 0.434. The second-order valence-corrected chi connectivity index (χ2v) is 6.21. The molecule has 1 aliphatic rings. The second kappa shape index (κ2) is 4.91. The minimum atomic E-state index is 0.202. The maximum absolute atomic E-state index is 6.20. The Balaban J connectivity index is 2.00. The zero-order valence-electron chi connectivity index (χ0n) is 12.9. The number of aryl methyl sites for hydroxylation is 1. The van der Waals surface area contributed by atoms with Crippen LogP contribution < -0.4 is 10.6 Å². The second-order valence-electron chi connectivity index (χ2n) is 6.21. The molecule has 4 rings (SSSR count). The number of fused-ring (bicyclic) bond motifs is 3. The van der Waals surface area contributed by atoms with Gasteiger partial charge >= 0.3 is 0 Å². The first-order valence-electron chi connectivity index (χ1n) is 7.75. The van der Waals surface area contributed by atoms with Gasteiger partial charge in [-0.05, 0) is 32.8 Å². The molecule has 1 aliphatic heterocycles. The Bertz CT molecular complexity index is 839. The number of hydrogen-bond donors (Lipinski definition) is 2. The van der Waals surface area contributed by atoms with Gasteiger partial charge in [-0.1, -0.05) is 0 Å². The highest BCUT2D eigenvalue weighted by Gasteiger charge is 2.26. The van der Waals surface area contributed by atoms with Crippen LogP contribution in [-0.2, 0) is 0 Å². The zero-order valence-corrected chi connectivity index (χ0v) is 12.9. The highest BCUT2D eigenvalue weighted by molar-refractivity contribution is 6.09. The van der Waals surface area contributed by atoms with Crippen LogP contribution >= 0.6 is 0 Å². The molecule has 0 bridgehead atoms. The number of anilines is 1. The molecule has 3 aromatic heterocycles. The molecule has 22 heavy (non-hydrogen) atoms. The van der Waals surface area contributed by atoms with Crippen molar-refractivity contribution in [1.29, 1.82) is 0 Å². The van der Waals surface area contributed by atoms with Crippen molar-refractivity contribution in [2.45, 2.75) is 38.8 Å². The molecular weight excluding hydrogens is 276 g/mol. The van der Waals surface area contributed by atoms with E-state index in [-0.39, 0.29) is 6.04 Å². The molecule has 1 fully saturated rings. The molecule has 2 atom stereocenters. The van der Waals surface area contributed by atoms with Crippen molar-refractivity contribution in [2.75, 3.05) is 11.4 Å². The van der Waals surface area contributed by atoms with E-state index in [1.165, 1.54) is 0 Å². The van der Waals surface area contributed by atoms with Crippen molar-refractivity contribution < 1.29 is 0 Å². The van der Waals surface area contributed by atoms with Crippen LogP contribution in [0.5, 0.6) is 0 Å². The SMILES string of the molecule is Cc1nc(N2CC(N)CCC2C)c2c(cnc3nccc32)[nH]1. The monoisotopic (exact) mass is 296 g/mol. The molecule has 6 heteroatoms. The minimum Gasteiger partial charge on any atom is -0.352 e.